The summed E-state index contributed by atoms with van der Waals surface area (Å²) in [6.07, 6.45) is 0. The highest BCUT2D eigenvalue weighted by Crippen LogP contribution is 2.26. The molecule has 0 saturated carbocycles. The highest BCUT2D eigenvalue weighted by atomic mass is 32.2. The molecule has 0 aliphatic carbocycles. The predicted octanol–water partition coefficient (Wildman–Crippen LogP) is 3.07. The van der Waals surface area contributed by atoms with Crippen molar-refractivity contribution in [2.45, 2.75) is 10.9 Å². The van der Waals surface area contributed by atoms with Crippen LogP contribution in [0.25, 0.3) is 22.8 Å². The van der Waals surface area contributed by atoms with E-state index in [1.54, 1.807) is 18.4 Å². The van der Waals surface area contributed by atoms with Gasteiger partial charge in [0.05, 0.1) is 12.9 Å². The highest BCUT2D eigenvalue weighted by Gasteiger charge is 2.15. The van der Waals surface area contributed by atoms with Crippen molar-refractivity contribution in [3.05, 3.63) is 47.0 Å². The van der Waals surface area contributed by atoms with Crippen molar-refractivity contribution in [1.29, 1.82) is 0 Å². The minimum atomic E-state index is 0.453. The molecule has 0 bridgehead atoms. The van der Waals surface area contributed by atoms with Gasteiger partial charge in [-0.25, -0.2) is 4.68 Å². The van der Waals surface area contributed by atoms with Gasteiger partial charge in [-0.15, -0.1) is 10.2 Å². The van der Waals surface area contributed by atoms with E-state index in [0.29, 0.717) is 28.4 Å². The van der Waals surface area contributed by atoms with E-state index in [1.165, 1.54) is 16.4 Å². The summed E-state index contributed by atoms with van der Waals surface area (Å²) in [6, 6.07) is 9.41. The van der Waals surface area contributed by atoms with Gasteiger partial charge >= 0.3 is 0 Å². The molecule has 4 aromatic rings. The number of thioether (sulfide) groups is 1. The number of hydrogen-bond donors (Lipinski definition) is 1. The molecule has 10 heteroatoms. The molecule has 26 heavy (non-hydrogen) atoms. The SMILES string of the molecule is COc1ccc(-c2nnc(SCc3nc(-c4ccsc4)no3)n2N)cc1. The molecule has 3 aromatic heterocycles. The molecule has 0 amide bonds. The third-order valence-electron chi connectivity index (χ3n) is 3.58. The number of nitrogen functional groups attached to an aromatic ring is 1. The molecule has 3 heterocycles. The predicted molar refractivity (Wildman–Crippen MR) is 99.3 cm³/mol. The van der Waals surface area contributed by atoms with Gasteiger partial charge in [0, 0.05) is 16.5 Å². The quantitative estimate of drug-likeness (QED) is 0.398. The van der Waals surface area contributed by atoms with Crippen LogP contribution in [0.5, 0.6) is 5.75 Å². The molecular formula is C16H14N6O2S2. The van der Waals surface area contributed by atoms with Crippen LogP contribution < -0.4 is 10.6 Å². The summed E-state index contributed by atoms with van der Waals surface area (Å²) in [4.78, 5) is 4.38. The Morgan fingerprint density at radius 3 is 2.77 bits per heavy atom. The minimum Gasteiger partial charge on any atom is -0.497 e. The number of ether oxygens (including phenoxy) is 1. The molecule has 0 atom stereocenters. The van der Waals surface area contributed by atoms with Gasteiger partial charge < -0.3 is 15.1 Å². The van der Waals surface area contributed by atoms with Crippen LogP contribution in [0, 0.1) is 0 Å². The van der Waals surface area contributed by atoms with Gasteiger partial charge in [-0.05, 0) is 35.7 Å². The standard InChI is InChI=1S/C16H14N6O2S2/c1-23-12-4-2-10(3-5-12)15-19-20-16(22(15)17)26-9-13-18-14(21-24-13)11-6-7-25-8-11/h2-8H,9,17H2,1H3. The normalized spacial score (nSPS) is 11.0. The van der Waals surface area contributed by atoms with Crippen LogP contribution in [-0.2, 0) is 5.75 Å². The fraction of sp³-hybridized carbons (Fsp3) is 0.125. The smallest absolute Gasteiger partial charge is 0.237 e. The summed E-state index contributed by atoms with van der Waals surface area (Å²) < 4.78 is 11.9. The van der Waals surface area contributed by atoms with E-state index in [2.05, 4.69) is 20.3 Å². The third kappa shape index (κ3) is 3.28. The van der Waals surface area contributed by atoms with Crippen molar-refractivity contribution in [3.8, 4) is 28.5 Å². The summed E-state index contributed by atoms with van der Waals surface area (Å²) in [5, 5.41) is 16.8. The second-order valence-electron chi connectivity index (χ2n) is 5.22. The van der Waals surface area contributed by atoms with Crippen LogP contribution in [0.1, 0.15) is 5.89 Å². The van der Waals surface area contributed by atoms with Gasteiger partial charge in [0.15, 0.2) is 5.82 Å². The van der Waals surface area contributed by atoms with Crippen molar-refractivity contribution >= 4 is 23.1 Å². The number of rotatable bonds is 6. The fourth-order valence-corrected chi connectivity index (χ4v) is 3.59. The summed E-state index contributed by atoms with van der Waals surface area (Å²) in [7, 11) is 1.62. The van der Waals surface area contributed by atoms with Gasteiger partial charge in [0.2, 0.25) is 16.9 Å². The fourth-order valence-electron chi connectivity index (χ4n) is 2.26. The molecule has 0 fully saturated rings. The lowest BCUT2D eigenvalue weighted by atomic mass is 10.2. The first-order valence-corrected chi connectivity index (χ1v) is 9.50. The lowest BCUT2D eigenvalue weighted by molar-refractivity contribution is 0.391. The second-order valence-corrected chi connectivity index (χ2v) is 6.94. The van der Waals surface area contributed by atoms with Crippen molar-refractivity contribution < 1.29 is 9.26 Å². The zero-order chi connectivity index (χ0) is 17.9. The van der Waals surface area contributed by atoms with E-state index in [4.69, 9.17) is 15.1 Å². The number of benzene rings is 1. The van der Waals surface area contributed by atoms with Crippen LogP contribution in [-0.4, -0.2) is 32.1 Å². The van der Waals surface area contributed by atoms with E-state index < -0.39 is 0 Å². The Bertz CT molecular complexity index is 994. The van der Waals surface area contributed by atoms with Crippen molar-refractivity contribution in [3.63, 3.8) is 0 Å². The molecule has 0 aliphatic heterocycles. The summed E-state index contributed by atoms with van der Waals surface area (Å²) >= 11 is 2.97. The maximum Gasteiger partial charge on any atom is 0.237 e. The molecule has 0 radical (unpaired) electrons. The first-order valence-electron chi connectivity index (χ1n) is 7.57. The van der Waals surface area contributed by atoms with E-state index in [0.717, 1.165) is 16.9 Å². The lowest BCUT2D eigenvalue weighted by Gasteiger charge is -2.04. The van der Waals surface area contributed by atoms with Gasteiger partial charge in [-0.2, -0.15) is 16.3 Å². The number of aromatic nitrogens is 5. The second kappa shape index (κ2) is 7.18. The average Bonchev–Trinajstić information content (AvgIpc) is 3.41. The zero-order valence-corrected chi connectivity index (χ0v) is 15.3. The summed E-state index contributed by atoms with van der Waals surface area (Å²) in [5.41, 5.74) is 1.80. The maximum atomic E-state index is 6.13. The Labute approximate surface area is 157 Å². The van der Waals surface area contributed by atoms with Crippen LogP contribution in [0.4, 0.5) is 0 Å². The van der Waals surface area contributed by atoms with Crippen molar-refractivity contribution in [2.75, 3.05) is 13.0 Å². The third-order valence-corrected chi connectivity index (χ3v) is 5.20. The largest absolute Gasteiger partial charge is 0.497 e. The van der Waals surface area contributed by atoms with E-state index in [1.807, 2.05) is 41.1 Å². The summed E-state index contributed by atoms with van der Waals surface area (Å²) in [6.45, 7) is 0. The molecule has 4 rings (SSSR count). The van der Waals surface area contributed by atoms with Gasteiger partial charge in [-0.3, -0.25) is 0 Å². The molecular weight excluding hydrogens is 372 g/mol. The Morgan fingerprint density at radius 1 is 1.19 bits per heavy atom. The van der Waals surface area contributed by atoms with Gasteiger partial charge in [-0.1, -0.05) is 16.9 Å². The molecule has 1 aromatic carbocycles. The van der Waals surface area contributed by atoms with Crippen molar-refractivity contribution in [2.24, 2.45) is 0 Å². The Hall–Kier alpha value is -2.85. The zero-order valence-electron chi connectivity index (χ0n) is 13.7. The van der Waals surface area contributed by atoms with Crippen LogP contribution >= 0.6 is 23.1 Å². The Morgan fingerprint density at radius 2 is 2.04 bits per heavy atom. The molecule has 0 saturated heterocycles. The maximum absolute atomic E-state index is 6.13. The first-order chi connectivity index (χ1) is 12.7. The van der Waals surface area contributed by atoms with Gasteiger partial charge in [0.25, 0.3) is 0 Å². The topological polar surface area (TPSA) is 105 Å². The number of methoxy groups -OCH3 is 1. The lowest BCUT2D eigenvalue weighted by Crippen LogP contribution is -2.11. The molecule has 0 unspecified atom stereocenters. The number of nitrogens with zero attached hydrogens (tertiary/aromatic N) is 5. The number of hydrogen-bond acceptors (Lipinski definition) is 9. The van der Waals surface area contributed by atoms with Crippen LogP contribution in [0.3, 0.4) is 0 Å². The van der Waals surface area contributed by atoms with E-state index in [-0.39, 0.29) is 0 Å². The average molecular weight is 386 g/mol. The van der Waals surface area contributed by atoms with Crippen molar-refractivity contribution in [1.82, 2.24) is 25.0 Å². The highest BCUT2D eigenvalue weighted by molar-refractivity contribution is 7.98. The molecule has 0 aliphatic rings. The van der Waals surface area contributed by atoms with E-state index in [9.17, 15) is 0 Å². The molecule has 0 spiro atoms. The van der Waals surface area contributed by atoms with Crippen LogP contribution in [0.2, 0.25) is 0 Å². The van der Waals surface area contributed by atoms with Gasteiger partial charge in [0.1, 0.15) is 5.75 Å². The number of thiophene rings is 1. The minimum absolute atomic E-state index is 0.453. The van der Waals surface area contributed by atoms with E-state index >= 15 is 0 Å². The summed E-state index contributed by atoms with van der Waals surface area (Å²) in [5.74, 6) is 9.00. The Kier molecular flexibility index (Phi) is 4.59. The van der Waals surface area contributed by atoms with Crippen LogP contribution in [0.15, 0.2) is 50.8 Å². The monoisotopic (exact) mass is 386 g/mol. The molecule has 2 N–H and O–H groups in total. The molecule has 8 nitrogen and oxygen atoms in total. The molecule has 132 valence electrons. The number of nitrogens with two attached hydrogens (primary N) is 1. The first kappa shape index (κ1) is 16.6. The Balaban J connectivity index is 1.46.